The van der Waals surface area contributed by atoms with Gasteiger partial charge in [0, 0.05) is 5.37 Å². The Balaban J connectivity index is 1.76. The fourth-order valence-corrected chi connectivity index (χ4v) is 3.97. The van der Waals surface area contributed by atoms with E-state index in [1.807, 2.05) is 0 Å². The maximum Gasteiger partial charge on any atom is 0.00861 e. The summed E-state index contributed by atoms with van der Waals surface area (Å²) in [4.78, 5) is 0. The smallest absolute Gasteiger partial charge is 0.00861 e. The second kappa shape index (κ2) is 18.7. The second-order valence-corrected chi connectivity index (χ2v) is 8.50. The first-order chi connectivity index (χ1) is 13.4. The summed E-state index contributed by atoms with van der Waals surface area (Å²) < 4.78 is 0. The van der Waals surface area contributed by atoms with E-state index in [0.29, 0.717) is 0 Å². The Morgan fingerprint density at radius 3 is 1.30 bits per heavy atom. The Labute approximate surface area is 175 Å². The minimum absolute atomic E-state index is 1.15. The van der Waals surface area contributed by atoms with Crippen LogP contribution in [0.3, 0.4) is 0 Å². The van der Waals surface area contributed by atoms with Gasteiger partial charge in [0.2, 0.25) is 0 Å². The summed E-state index contributed by atoms with van der Waals surface area (Å²) in [6, 6.07) is 8.72. The van der Waals surface area contributed by atoms with Crippen LogP contribution in [-0.4, -0.2) is 5.37 Å². The minimum Gasteiger partial charge on any atom is -0.0881 e. The van der Waals surface area contributed by atoms with Crippen LogP contribution in [0.15, 0.2) is 24.3 Å². The molecule has 1 rings (SSSR count). The molecule has 1 heteroatoms. The average molecular weight is 389 g/mol. The summed E-state index contributed by atoms with van der Waals surface area (Å²) in [5.41, 5.74) is 2.60. The Morgan fingerprint density at radius 2 is 0.926 bits per heavy atom. The molecule has 0 aliphatic carbocycles. The van der Waals surface area contributed by atoms with Gasteiger partial charge in [-0.25, -0.2) is 0 Å². The molecule has 0 heterocycles. The van der Waals surface area contributed by atoms with Crippen LogP contribution in [0.25, 0.3) is 0 Å². The van der Waals surface area contributed by atoms with E-state index in [0.717, 1.165) is 5.56 Å². The molecular formula is C26H44S. The maximum absolute atomic E-state index is 4.95. The Kier molecular flexibility index (Phi) is 16.8. The molecule has 0 aliphatic heterocycles. The van der Waals surface area contributed by atoms with E-state index in [-0.39, 0.29) is 0 Å². The van der Waals surface area contributed by atoms with Gasteiger partial charge in [-0.05, 0) is 24.0 Å². The molecule has 0 unspecified atom stereocenters. The van der Waals surface area contributed by atoms with E-state index in [2.05, 4.69) is 31.2 Å². The summed E-state index contributed by atoms with van der Waals surface area (Å²) in [6.07, 6.45) is 25.7. The molecule has 0 fully saturated rings. The number of hydrogen-bond donors (Lipinski definition) is 0. The molecule has 0 spiro atoms. The number of hydrogen-bond acceptors (Lipinski definition) is 1. The van der Waals surface area contributed by atoms with E-state index in [1.54, 1.807) is 5.37 Å². The van der Waals surface area contributed by atoms with Gasteiger partial charge in [-0.1, -0.05) is 146 Å². The van der Waals surface area contributed by atoms with Crippen LogP contribution >= 0.6 is 12.2 Å². The molecule has 0 aromatic heterocycles. The van der Waals surface area contributed by atoms with Crippen LogP contribution in [0.4, 0.5) is 0 Å². The Hall–Kier alpha value is -0.690. The van der Waals surface area contributed by atoms with Gasteiger partial charge in [0.15, 0.2) is 0 Å². The van der Waals surface area contributed by atoms with Crippen LogP contribution in [0.1, 0.15) is 127 Å². The number of thiocarbonyl (C=S) groups is 1. The molecule has 0 bridgehead atoms. The number of aryl methyl sites for hydroxylation is 1. The summed E-state index contributed by atoms with van der Waals surface area (Å²) in [5.74, 6) is 0. The van der Waals surface area contributed by atoms with Gasteiger partial charge >= 0.3 is 0 Å². The van der Waals surface area contributed by atoms with Crippen LogP contribution in [0.2, 0.25) is 0 Å². The zero-order chi connectivity index (χ0) is 19.4. The highest BCUT2D eigenvalue weighted by atomic mass is 32.1. The number of unbranched alkanes of at least 4 members (excludes halogenated alkanes) is 16. The predicted molar refractivity (Wildman–Crippen MR) is 127 cm³/mol. The minimum atomic E-state index is 1.15. The third-order valence-corrected chi connectivity index (χ3v) is 5.96. The first-order valence-electron chi connectivity index (χ1n) is 11.9. The van der Waals surface area contributed by atoms with E-state index in [4.69, 9.17) is 12.2 Å². The fraction of sp³-hybridized carbons (Fsp3) is 0.731. The standard InChI is InChI=1S/C26H44S/c1-2-3-4-5-6-7-8-9-10-11-12-13-14-15-16-17-18-19-25-20-22-26(24-27)23-21-25/h20-24H,2-19H2,1H3. The van der Waals surface area contributed by atoms with Gasteiger partial charge in [0.1, 0.15) is 0 Å². The molecular weight excluding hydrogens is 344 g/mol. The quantitative estimate of drug-likeness (QED) is 0.168. The largest absolute Gasteiger partial charge is 0.0881 e. The van der Waals surface area contributed by atoms with Crippen LogP contribution < -0.4 is 0 Å². The molecule has 154 valence electrons. The number of benzene rings is 1. The third-order valence-electron chi connectivity index (χ3n) is 5.68. The zero-order valence-electron chi connectivity index (χ0n) is 18.0. The van der Waals surface area contributed by atoms with Crippen molar-refractivity contribution in [3.05, 3.63) is 35.4 Å². The van der Waals surface area contributed by atoms with Gasteiger partial charge in [0.25, 0.3) is 0 Å². The lowest BCUT2D eigenvalue weighted by molar-refractivity contribution is 0.527. The molecule has 1 aromatic carbocycles. The van der Waals surface area contributed by atoms with E-state index >= 15 is 0 Å². The monoisotopic (exact) mass is 388 g/mol. The fourth-order valence-electron chi connectivity index (χ4n) is 3.82. The Morgan fingerprint density at radius 1 is 0.556 bits per heavy atom. The van der Waals surface area contributed by atoms with Crippen molar-refractivity contribution in [3.63, 3.8) is 0 Å². The van der Waals surface area contributed by atoms with Crippen LogP contribution in [0, 0.1) is 0 Å². The first kappa shape index (κ1) is 24.3. The Bertz CT molecular complexity index is 434. The van der Waals surface area contributed by atoms with Gasteiger partial charge in [-0.2, -0.15) is 0 Å². The van der Waals surface area contributed by atoms with Crippen molar-refractivity contribution in [3.8, 4) is 0 Å². The average Bonchev–Trinajstić information content (AvgIpc) is 2.70. The molecule has 27 heavy (non-hydrogen) atoms. The lowest BCUT2D eigenvalue weighted by Gasteiger charge is -2.04. The van der Waals surface area contributed by atoms with Crippen LogP contribution in [0.5, 0.6) is 0 Å². The molecule has 1 aromatic rings. The predicted octanol–water partition coefficient (Wildman–Crippen LogP) is 9.23. The summed E-state index contributed by atoms with van der Waals surface area (Å²) in [7, 11) is 0. The summed E-state index contributed by atoms with van der Waals surface area (Å²) >= 11 is 4.95. The normalized spacial score (nSPS) is 11.0. The van der Waals surface area contributed by atoms with Gasteiger partial charge in [0.05, 0.1) is 0 Å². The molecule has 0 nitrogen and oxygen atoms in total. The van der Waals surface area contributed by atoms with Crippen LogP contribution in [-0.2, 0) is 6.42 Å². The third kappa shape index (κ3) is 15.0. The lowest BCUT2D eigenvalue weighted by Crippen LogP contribution is -1.88. The van der Waals surface area contributed by atoms with Crippen molar-refractivity contribution in [2.45, 2.75) is 122 Å². The highest BCUT2D eigenvalue weighted by Gasteiger charge is 1.96. The molecule has 0 N–H and O–H groups in total. The van der Waals surface area contributed by atoms with Crippen molar-refractivity contribution >= 4 is 17.6 Å². The highest BCUT2D eigenvalue weighted by molar-refractivity contribution is 7.79. The van der Waals surface area contributed by atoms with Crippen molar-refractivity contribution in [2.75, 3.05) is 0 Å². The SMILES string of the molecule is CCCCCCCCCCCCCCCCCCCc1ccc(C=S)cc1. The molecule has 0 amide bonds. The molecule has 0 atom stereocenters. The molecule has 0 saturated heterocycles. The molecule has 0 saturated carbocycles. The second-order valence-electron chi connectivity index (χ2n) is 8.27. The maximum atomic E-state index is 4.95. The van der Waals surface area contributed by atoms with Crippen molar-refractivity contribution in [1.29, 1.82) is 0 Å². The first-order valence-corrected chi connectivity index (χ1v) is 12.4. The van der Waals surface area contributed by atoms with Crippen molar-refractivity contribution in [2.24, 2.45) is 0 Å². The van der Waals surface area contributed by atoms with Gasteiger partial charge in [-0.15, -0.1) is 0 Å². The van der Waals surface area contributed by atoms with E-state index in [1.165, 1.54) is 121 Å². The molecule has 0 radical (unpaired) electrons. The summed E-state index contributed by atoms with van der Waals surface area (Å²) in [6.45, 7) is 2.30. The highest BCUT2D eigenvalue weighted by Crippen LogP contribution is 2.15. The van der Waals surface area contributed by atoms with Crippen molar-refractivity contribution in [1.82, 2.24) is 0 Å². The topological polar surface area (TPSA) is 0 Å². The van der Waals surface area contributed by atoms with Crippen molar-refractivity contribution < 1.29 is 0 Å². The van der Waals surface area contributed by atoms with E-state index < -0.39 is 0 Å². The van der Waals surface area contributed by atoms with Gasteiger partial charge < -0.3 is 0 Å². The van der Waals surface area contributed by atoms with E-state index in [9.17, 15) is 0 Å². The summed E-state index contributed by atoms with van der Waals surface area (Å²) in [5, 5.41) is 1.75. The lowest BCUT2D eigenvalue weighted by atomic mass is 10.0. The zero-order valence-corrected chi connectivity index (χ0v) is 18.8. The number of rotatable bonds is 19. The van der Waals surface area contributed by atoms with Gasteiger partial charge in [-0.3, -0.25) is 0 Å². The molecule has 0 aliphatic rings.